The van der Waals surface area contributed by atoms with Crippen molar-refractivity contribution in [3.63, 3.8) is 0 Å². The molecule has 0 aliphatic carbocycles. The summed E-state index contributed by atoms with van der Waals surface area (Å²) in [6, 6.07) is 7.82. The number of aliphatic hydroxyl groups excluding tert-OH is 1. The van der Waals surface area contributed by atoms with Crippen LogP contribution in [0, 0.1) is 11.3 Å². The lowest BCUT2D eigenvalue weighted by molar-refractivity contribution is -0.0823. The number of nitrogens with zero attached hydrogens (tertiary/aromatic N) is 5. The molecule has 2 aromatic heterocycles. The number of hydrogen-bond acceptors (Lipinski definition) is 9. The van der Waals surface area contributed by atoms with Gasteiger partial charge in [0.25, 0.3) is 0 Å². The molecule has 10 nitrogen and oxygen atoms in total. The molecule has 1 saturated heterocycles. The summed E-state index contributed by atoms with van der Waals surface area (Å²) in [6.07, 6.45) is 3.32. The second-order valence-corrected chi connectivity index (χ2v) is 8.29. The number of fused-ring (bicyclic) bond motifs is 1. The van der Waals surface area contributed by atoms with Crippen molar-refractivity contribution >= 4 is 17.3 Å². The third-order valence-corrected chi connectivity index (χ3v) is 5.88. The zero-order valence-corrected chi connectivity index (χ0v) is 17.8. The Labute approximate surface area is 184 Å². The van der Waals surface area contributed by atoms with Crippen molar-refractivity contribution in [1.82, 2.24) is 19.7 Å². The average Bonchev–Trinajstić information content (AvgIpc) is 3.30. The largest absolute Gasteiger partial charge is 0.468 e. The highest BCUT2D eigenvalue weighted by Crippen LogP contribution is 2.41. The van der Waals surface area contributed by atoms with Gasteiger partial charge in [0.1, 0.15) is 17.9 Å². The Balaban J connectivity index is 1.47. The molecule has 0 spiro atoms. The highest BCUT2D eigenvalue weighted by molar-refractivity contribution is 5.76. The molecule has 3 aromatic rings. The second-order valence-electron chi connectivity index (χ2n) is 8.29. The minimum Gasteiger partial charge on any atom is -0.468 e. The number of anilines is 3. The first-order chi connectivity index (χ1) is 15.5. The summed E-state index contributed by atoms with van der Waals surface area (Å²) >= 11 is 0. The van der Waals surface area contributed by atoms with Crippen LogP contribution in [0.3, 0.4) is 0 Å². The maximum atomic E-state index is 9.93. The number of benzene rings is 1. The number of ether oxygens (including phenoxy) is 2. The number of hydrogen-bond donors (Lipinski definition) is 3. The van der Waals surface area contributed by atoms with Crippen LogP contribution in [0.15, 0.2) is 30.6 Å². The molecule has 1 unspecified atom stereocenters. The minimum atomic E-state index is -0.460. The molecule has 0 radical (unpaired) electrons. The number of aliphatic hydroxyl groups is 1. The Kier molecular flexibility index (Phi) is 4.92. The highest BCUT2D eigenvalue weighted by Gasteiger charge is 2.36. The van der Waals surface area contributed by atoms with E-state index in [1.165, 1.54) is 0 Å². The molecule has 1 aromatic carbocycles. The molecule has 0 bridgehead atoms. The fraction of sp³-hybridized carbons (Fsp3) is 0.364. The van der Waals surface area contributed by atoms with E-state index in [2.05, 4.69) is 31.8 Å². The Morgan fingerprint density at radius 3 is 3.00 bits per heavy atom. The van der Waals surface area contributed by atoms with Crippen molar-refractivity contribution < 1.29 is 14.6 Å². The van der Waals surface area contributed by atoms with Crippen LogP contribution in [0.4, 0.5) is 17.3 Å². The van der Waals surface area contributed by atoms with Crippen LogP contribution in [-0.4, -0.2) is 57.3 Å². The van der Waals surface area contributed by atoms with Gasteiger partial charge >= 0.3 is 0 Å². The first-order valence-electron chi connectivity index (χ1n) is 10.3. The zero-order valence-electron chi connectivity index (χ0n) is 17.8. The van der Waals surface area contributed by atoms with Gasteiger partial charge in [0.05, 0.1) is 43.0 Å². The highest BCUT2D eigenvalue weighted by atomic mass is 16.6. The van der Waals surface area contributed by atoms with Gasteiger partial charge in [-0.1, -0.05) is 6.92 Å². The molecule has 0 amide bonds. The third kappa shape index (κ3) is 3.41. The molecule has 10 heteroatoms. The number of nitrogens with one attached hydrogen (secondary N) is 2. The van der Waals surface area contributed by atoms with Crippen LogP contribution < -0.4 is 15.4 Å². The van der Waals surface area contributed by atoms with Crippen molar-refractivity contribution in [3.8, 4) is 23.2 Å². The van der Waals surface area contributed by atoms with Crippen molar-refractivity contribution in [2.24, 2.45) is 7.05 Å². The van der Waals surface area contributed by atoms with Crippen molar-refractivity contribution in [2.75, 3.05) is 37.0 Å². The van der Waals surface area contributed by atoms with Crippen molar-refractivity contribution in [1.29, 1.82) is 5.26 Å². The summed E-state index contributed by atoms with van der Waals surface area (Å²) in [5, 5.41) is 30.3. The molecule has 164 valence electrons. The maximum Gasteiger partial charge on any atom is 0.236 e. The van der Waals surface area contributed by atoms with Gasteiger partial charge in [0.2, 0.25) is 11.8 Å². The number of nitriles is 1. The standard InChI is InChI=1S/C22H23N7O3/c1-22(12-30)11-25-19-14(7-23)5-13(6-16(19)22)17-3-4-24-21(27-17)28-18-8-26-29(2)20(18)32-15-9-31-10-15/h3-6,8,15,25,30H,9-12H2,1-2H3,(H,24,27,28). The predicted molar refractivity (Wildman–Crippen MR) is 117 cm³/mol. The SMILES string of the molecule is Cn1ncc(Nc2nccc(-c3cc(C#N)c4c(c3)C(C)(CO)CN4)n2)c1OC1COC1. The molecule has 2 aliphatic heterocycles. The lowest BCUT2D eigenvalue weighted by Crippen LogP contribution is -2.39. The quantitative estimate of drug-likeness (QED) is 0.534. The summed E-state index contributed by atoms with van der Waals surface area (Å²) in [4.78, 5) is 8.97. The average molecular weight is 433 g/mol. The van der Waals surface area contributed by atoms with E-state index in [0.717, 1.165) is 16.8 Å². The Hall–Kier alpha value is -3.68. The molecule has 1 fully saturated rings. The second kappa shape index (κ2) is 7.78. The van der Waals surface area contributed by atoms with E-state index < -0.39 is 5.41 Å². The first-order valence-corrected chi connectivity index (χ1v) is 10.3. The molecular weight excluding hydrogens is 410 g/mol. The van der Waals surface area contributed by atoms with Crippen LogP contribution in [0.2, 0.25) is 0 Å². The summed E-state index contributed by atoms with van der Waals surface area (Å²) in [7, 11) is 1.80. The predicted octanol–water partition coefficient (Wildman–Crippen LogP) is 1.95. The van der Waals surface area contributed by atoms with Crippen LogP contribution >= 0.6 is 0 Å². The van der Waals surface area contributed by atoms with Crippen molar-refractivity contribution in [2.45, 2.75) is 18.4 Å². The van der Waals surface area contributed by atoms with E-state index in [1.807, 2.05) is 13.0 Å². The van der Waals surface area contributed by atoms with Gasteiger partial charge in [-0.3, -0.25) is 0 Å². The zero-order chi connectivity index (χ0) is 22.3. The third-order valence-electron chi connectivity index (χ3n) is 5.88. The van der Waals surface area contributed by atoms with Gasteiger partial charge in [-0.15, -0.1) is 0 Å². The molecule has 1 atom stereocenters. The first kappa shape index (κ1) is 20.2. The van der Waals surface area contributed by atoms with E-state index in [1.54, 1.807) is 36.3 Å². The van der Waals surface area contributed by atoms with Gasteiger partial charge in [0.15, 0.2) is 0 Å². The van der Waals surface area contributed by atoms with Gasteiger partial charge in [-0.05, 0) is 23.8 Å². The molecule has 3 N–H and O–H groups in total. The summed E-state index contributed by atoms with van der Waals surface area (Å²) in [6.45, 7) is 3.63. The number of aryl methyl sites for hydroxylation is 1. The monoisotopic (exact) mass is 433 g/mol. The molecule has 4 heterocycles. The topological polar surface area (TPSA) is 130 Å². The van der Waals surface area contributed by atoms with E-state index in [4.69, 9.17) is 9.47 Å². The Bertz CT molecular complexity index is 1210. The number of rotatable bonds is 6. The summed E-state index contributed by atoms with van der Waals surface area (Å²) in [5.74, 6) is 0.966. The molecule has 32 heavy (non-hydrogen) atoms. The van der Waals surface area contributed by atoms with Gasteiger partial charge in [0, 0.05) is 30.8 Å². The van der Waals surface area contributed by atoms with Crippen LogP contribution in [-0.2, 0) is 17.2 Å². The fourth-order valence-corrected chi connectivity index (χ4v) is 3.86. The van der Waals surface area contributed by atoms with Crippen LogP contribution in [0.5, 0.6) is 5.88 Å². The van der Waals surface area contributed by atoms with Crippen LogP contribution in [0.25, 0.3) is 11.3 Å². The number of aromatic nitrogens is 4. The Morgan fingerprint density at radius 1 is 1.44 bits per heavy atom. The Morgan fingerprint density at radius 2 is 2.28 bits per heavy atom. The molecule has 2 aliphatic rings. The normalized spacial score (nSPS) is 19.6. The smallest absolute Gasteiger partial charge is 0.236 e. The van der Waals surface area contributed by atoms with Gasteiger partial charge in [-0.25, -0.2) is 14.6 Å². The van der Waals surface area contributed by atoms with E-state index >= 15 is 0 Å². The molecule has 5 rings (SSSR count). The van der Waals surface area contributed by atoms with Crippen molar-refractivity contribution in [3.05, 3.63) is 41.7 Å². The lowest BCUT2D eigenvalue weighted by atomic mass is 9.83. The van der Waals surface area contributed by atoms with Gasteiger partial charge in [-0.2, -0.15) is 10.4 Å². The van der Waals surface area contributed by atoms with Crippen LogP contribution in [0.1, 0.15) is 18.1 Å². The van der Waals surface area contributed by atoms with E-state index in [0.29, 0.717) is 48.5 Å². The molecular formula is C22H23N7O3. The summed E-state index contributed by atoms with van der Waals surface area (Å²) in [5.41, 5.74) is 3.84. The summed E-state index contributed by atoms with van der Waals surface area (Å²) < 4.78 is 12.8. The van der Waals surface area contributed by atoms with E-state index in [-0.39, 0.29) is 12.7 Å². The maximum absolute atomic E-state index is 9.93. The van der Waals surface area contributed by atoms with E-state index in [9.17, 15) is 10.4 Å². The fourth-order valence-electron chi connectivity index (χ4n) is 3.86. The lowest BCUT2D eigenvalue weighted by Gasteiger charge is -2.26. The molecule has 0 saturated carbocycles. The minimum absolute atomic E-state index is 0.00321. The van der Waals surface area contributed by atoms with Gasteiger partial charge < -0.3 is 25.2 Å².